The summed E-state index contributed by atoms with van der Waals surface area (Å²) in [6.45, 7) is 9.05. The number of allylic oxidation sites excluding steroid dienone is 1. The minimum atomic E-state index is -1.10. The van der Waals surface area contributed by atoms with Gasteiger partial charge in [-0.15, -0.1) is 0 Å². The number of halogens is 1. The van der Waals surface area contributed by atoms with Crippen LogP contribution < -0.4 is 0 Å². The third-order valence-corrected chi connectivity index (χ3v) is 5.94. The van der Waals surface area contributed by atoms with Gasteiger partial charge in [0.05, 0.1) is 24.2 Å². The Morgan fingerprint density at radius 3 is 2.45 bits per heavy atom. The van der Waals surface area contributed by atoms with Crippen LogP contribution in [0.3, 0.4) is 0 Å². The molecule has 0 saturated carbocycles. The maximum Gasteiger partial charge on any atom is 0.416 e. The number of carbonyl (C=O) groups is 2. The molecule has 6 nitrogen and oxygen atoms in total. The van der Waals surface area contributed by atoms with Gasteiger partial charge in [-0.2, -0.15) is 0 Å². The van der Waals surface area contributed by atoms with Gasteiger partial charge in [-0.1, -0.05) is 73.6 Å². The Morgan fingerprint density at radius 1 is 1.24 bits per heavy atom. The number of ether oxygens (including phenoxy) is 1. The maximum atomic E-state index is 13.0. The van der Waals surface area contributed by atoms with Crippen LogP contribution in [-0.4, -0.2) is 52.0 Å². The predicted molar refractivity (Wildman–Crippen MR) is 114 cm³/mol. The molecule has 6 atom stereocenters. The number of aliphatic hydroxyl groups excluding tert-OH is 2. The summed E-state index contributed by atoms with van der Waals surface area (Å²) in [5, 5.41) is 21.3. The summed E-state index contributed by atoms with van der Waals surface area (Å²) >= 11 is 3.29. The minimum Gasteiger partial charge on any atom is -0.447 e. The van der Waals surface area contributed by atoms with Crippen molar-refractivity contribution in [3.8, 4) is 0 Å². The summed E-state index contributed by atoms with van der Waals surface area (Å²) in [7, 11) is 0. The Hall–Kier alpha value is -1.70. The molecule has 2 amide bonds. The molecule has 1 fully saturated rings. The Kier molecular flexibility index (Phi) is 8.43. The lowest BCUT2D eigenvalue weighted by atomic mass is 9.82. The zero-order chi connectivity index (χ0) is 21.7. The van der Waals surface area contributed by atoms with Crippen molar-refractivity contribution in [1.29, 1.82) is 0 Å². The number of cyclic esters (lactones) is 1. The van der Waals surface area contributed by atoms with Gasteiger partial charge in [0.15, 0.2) is 0 Å². The van der Waals surface area contributed by atoms with Crippen molar-refractivity contribution in [1.82, 2.24) is 4.90 Å². The first-order chi connectivity index (χ1) is 13.6. The SMILES string of the molecule is C=C(Br)C[C@H](C)[C@H](O)[C@@H](C)[C@H](O)[C@@H](C)C(=O)N1C(=O)OC[C@H]1Cc1ccccc1. The molecule has 29 heavy (non-hydrogen) atoms. The molecule has 1 aromatic carbocycles. The summed E-state index contributed by atoms with van der Waals surface area (Å²) in [6.07, 6.45) is -1.57. The third-order valence-electron chi connectivity index (χ3n) is 5.62. The number of aliphatic hydroxyl groups is 2. The number of benzene rings is 1. The fourth-order valence-corrected chi connectivity index (χ4v) is 4.29. The summed E-state index contributed by atoms with van der Waals surface area (Å²) in [6, 6.07) is 9.15. The quantitative estimate of drug-likeness (QED) is 0.580. The maximum absolute atomic E-state index is 13.0. The molecule has 1 aromatic rings. The fourth-order valence-electron chi connectivity index (χ4n) is 3.78. The van der Waals surface area contributed by atoms with Crippen LogP contribution in [0.2, 0.25) is 0 Å². The summed E-state index contributed by atoms with van der Waals surface area (Å²) < 4.78 is 5.87. The molecular formula is C22H30BrNO5. The van der Waals surface area contributed by atoms with Crippen LogP contribution in [0.4, 0.5) is 4.79 Å². The molecule has 0 aromatic heterocycles. The van der Waals surface area contributed by atoms with E-state index in [1.165, 1.54) is 0 Å². The number of imide groups is 1. The second-order valence-electron chi connectivity index (χ2n) is 7.96. The molecule has 0 radical (unpaired) electrons. The Morgan fingerprint density at radius 2 is 1.86 bits per heavy atom. The van der Waals surface area contributed by atoms with Gasteiger partial charge >= 0.3 is 6.09 Å². The lowest BCUT2D eigenvalue weighted by Gasteiger charge is -2.32. The van der Waals surface area contributed by atoms with E-state index in [-0.39, 0.29) is 12.5 Å². The van der Waals surface area contributed by atoms with E-state index in [2.05, 4.69) is 22.5 Å². The van der Waals surface area contributed by atoms with Gasteiger partial charge in [-0.05, 0) is 28.8 Å². The zero-order valence-electron chi connectivity index (χ0n) is 17.1. The van der Waals surface area contributed by atoms with Crippen LogP contribution in [0.15, 0.2) is 41.4 Å². The standard InChI is InChI=1S/C22H30BrNO5/c1-13(10-14(2)23)19(25)15(3)20(26)16(4)21(27)24-18(12-29-22(24)28)11-17-8-6-5-7-9-17/h5-9,13,15-16,18-20,25-26H,2,10-12H2,1,3-4H3/t13-,15+,16+,18+,19-,20-/m0/s1. The molecule has 1 saturated heterocycles. The number of rotatable bonds is 9. The van der Waals surface area contributed by atoms with Gasteiger partial charge in [0.1, 0.15) is 6.61 Å². The Labute approximate surface area is 180 Å². The van der Waals surface area contributed by atoms with Gasteiger partial charge in [-0.25, -0.2) is 9.69 Å². The van der Waals surface area contributed by atoms with E-state index in [9.17, 15) is 19.8 Å². The number of amides is 2. The molecule has 160 valence electrons. The normalized spacial score (nSPS) is 21.8. The zero-order valence-corrected chi connectivity index (χ0v) is 18.7. The minimum absolute atomic E-state index is 0.130. The molecule has 2 N–H and O–H groups in total. The first-order valence-corrected chi connectivity index (χ1v) is 10.7. The van der Waals surface area contributed by atoms with Crippen molar-refractivity contribution < 1.29 is 24.5 Å². The number of carbonyl (C=O) groups excluding carboxylic acids is 2. The van der Waals surface area contributed by atoms with Crippen LogP contribution >= 0.6 is 15.9 Å². The molecule has 0 aliphatic carbocycles. The van der Waals surface area contributed by atoms with Crippen molar-refractivity contribution in [2.45, 2.75) is 51.9 Å². The Bertz CT molecular complexity index is 725. The van der Waals surface area contributed by atoms with E-state index in [0.717, 1.165) is 14.9 Å². The lowest BCUT2D eigenvalue weighted by Crippen LogP contribution is -2.48. The van der Waals surface area contributed by atoms with E-state index in [4.69, 9.17) is 4.74 Å². The van der Waals surface area contributed by atoms with Crippen LogP contribution in [0.25, 0.3) is 0 Å². The first kappa shape index (κ1) is 23.6. The van der Waals surface area contributed by atoms with Crippen molar-refractivity contribution in [3.05, 3.63) is 47.0 Å². The van der Waals surface area contributed by atoms with Gasteiger partial charge in [0.25, 0.3) is 0 Å². The molecule has 0 unspecified atom stereocenters. The average molecular weight is 468 g/mol. The highest BCUT2D eigenvalue weighted by atomic mass is 79.9. The average Bonchev–Trinajstić information content (AvgIpc) is 3.05. The van der Waals surface area contributed by atoms with Crippen molar-refractivity contribution in [2.24, 2.45) is 17.8 Å². The van der Waals surface area contributed by atoms with Gasteiger partial charge < -0.3 is 14.9 Å². The number of hydrogen-bond donors (Lipinski definition) is 2. The smallest absolute Gasteiger partial charge is 0.416 e. The molecule has 0 bridgehead atoms. The summed E-state index contributed by atoms with van der Waals surface area (Å²) in [5.74, 6) is -2.04. The van der Waals surface area contributed by atoms with E-state index in [0.29, 0.717) is 12.8 Å². The highest BCUT2D eigenvalue weighted by molar-refractivity contribution is 9.11. The highest BCUT2D eigenvalue weighted by Gasteiger charge is 2.43. The number of nitrogens with zero attached hydrogens (tertiary/aromatic N) is 1. The van der Waals surface area contributed by atoms with Crippen molar-refractivity contribution in [2.75, 3.05) is 6.61 Å². The second kappa shape index (κ2) is 10.4. The third kappa shape index (κ3) is 5.90. The molecule has 1 aliphatic rings. The Balaban J connectivity index is 2.07. The monoisotopic (exact) mass is 467 g/mol. The van der Waals surface area contributed by atoms with Crippen LogP contribution in [0.5, 0.6) is 0 Å². The van der Waals surface area contributed by atoms with E-state index in [1.54, 1.807) is 13.8 Å². The fraction of sp³-hybridized carbons (Fsp3) is 0.545. The van der Waals surface area contributed by atoms with Gasteiger partial charge in [0, 0.05) is 5.92 Å². The lowest BCUT2D eigenvalue weighted by molar-refractivity contribution is -0.139. The second-order valence-corrected chi connectivity index (χ2v) is 9.08. The molecule has 7 heteroatoms. The predicted octanol–water partition coefficient (Wildman–Crippen LogP) is 3.51. The van der Waals surface area contributed by atoms with Crippen LogP contribution in [0, 0.1) is 17.8 Å². The molecule has 0 spiro atoms. The van der Waals surface area contributed by atoms with Crippen molar-refractivity contribution >= 4 is 27.9 Å². The van der Waals surface area contributed by atoms with Gasteiger partial charge in [0.2, 0.25) is 5.91 Å². The van der Waals surface area contributed by atoms with E-state index < -0.39 is 42.1 Å². The molecule has 1 heterocycles. The summed E-state index contributed by atoms with van der Waals surface area (Å²) in [5.41, 5.74) is 0.995. The van der Waals surface area contributed by atoms with Gasteiger partial charge in [-0.3, -0.25) is 4.79 Å². The largest absolute Gasteiger partial charge is 0.447 e. The topological polar surface area (TPSA) is 87.1 Å². The van der Waals surface area contributed by atoms with E-state index >= 15 is 0 Å². The highest BCUT2D eigenvalue weighted by Crippen LogP contribution is 2.28. The number of hydrogen-bond acceptors (Lipinski definition) is 5. The molecule has 1 aliphatic heterocycles. The molecular weight excluding hydrogens is 438 g/mol. The van der Waals surface area contributed by atoms with Crippen LogP contribution in [0.1, 0.15) is 32.8 Å². The van der Waals surface area contributed by atoms with E-state index in [1.807, 2.05) is 37.3 Å². The summed E-state index contributed by atoms with van der Waals surface area (Å²) in [4.78, 5) is 26.4. The van der Waals surface area contributed by atoms with Crippen molar-refractivity contribution in [3.63, 3.8) is 0 Å². The molecule has 2 rings (SSSR count). The van der Waals surface area contributed by atoms with Crippen LogP contribution in [-0.2, 0) is 16.0 Å². The first-order valence-electron chi connectivity index (χ1n) is 9.86.